The van der Waals surface area contributed by atoms with Gasteiger partial charge in [-0.05, 0) is 19.3 Å². The molecule has 0 saturated carbocycles. The minimum Gasteiger partial charge on any atom is -0.481 e. The first kappa shape index (κ1) is 27.9. The summed E-state index contributed by atoms with van der Waals surface area (Å²) in [4.78, 5) is 22.5. The first-order valence-corrected chi connectivity index (χ1v) is 12.3. The molecule has 5 nitrogen and oxygen atoms in total. The van der Waals surface area contributed by atoms with Gasteiger partial charge in [-0.2, -0.15) is 0 Å². The van der Waals surface area contributed by atoms with E-state index in [1.807, 2.05) is 0 Å². The van der Waals surface area contributed by atoms with Gasteiger partial charge in [-0.1, -0.05) is 103 Å². The smallest absolute Gasteiger partial charge is 0.303 e. The lowest BCUT2D eigenvalue weighted by molar-refractivity contribution is -0.137. The largest absolute Gasteiger partial charge is 0.481 e. The highest BCUT2D eigenvalue weighted by Gasteiger charge is 2.08. The number of carboxylic acids is 1. The highest BCUT2D eigenvalue weighted by atomic mass is 16.4. The quantitative estimate of drug-likeness (QED) is 0.0908. The average Bonchev–Trinajstić information content (AvgIpc) is 2.70. The van der Waals surface area contributed by atoms with Crippen molar-refractivity contribution < 1.29 is 14.7 Å². The molecular formula is C24H48N2O3. The van der Waals surface area contributed by atoms with Gasteiger partial charge in [0.15, 0.2) is 0 Å². The normalized spacial score (nSPS) is 11.0. The molecule has 1 amide bonds. The van der Waals surface area contributed by atoms with Gasteiger partial charge >= 0.3 is 5.97 Å². The van der Waals surface area contributed by atoms with Crippen LogP contribution < -0.4 is 5.84 Å². The Hall–Kier alpha value is -1.10. The number of aliphatic carboxylic acids is 1. The van der Waals surface area contributed by atoms with Gasteiger partial charge in [0, 0.05) is 19.4 Å². The number of unbranched alkanes of at least 4 members (excludes halogenated alkanes) is 16. The Labute approximate surface area is 179 Å². The van der Waals surface area contributed by atoms with E-state index in [2.05, 4.69) is 6.92 Å². The Kier molecular flexibility index (Phi) is 20.8. The summed E-state index contributed by atoms with van der Waals surface area (Å²) in [6.45, 7) is 2.92. The van der Waals surface area contributed by atoms with E-state index in [1.165, 1.54) is 75.6 Å². The number of hydrogen-bond acceptors (Lipinski definition) is 3. The average molecular weight is 413 g/mol. The Balaban J connectivity index is 3.33. The van der Waals surface area contributed by atoms with Gasteiger partial charge in [0.05, 0.1) is 0 Å². The molecule has 0 aromatic rings. The molecule has 0 rings (SSSR count). The van der Waals surface area contributed by atoms with Crippen LogP contribution in [0, 0.1) is 0 Å². The van der Waals surface area contributed by atoms with E-state index in [1.54, 1.807) is 0 Å². The maximum Gasteiger partial charge on any atom is 0.303 e. The SMILES string of the molecule is CCCCCCCCCCCC(=O)N(N)CCCCCCCCCCCC(=O)O. The number of hydrogen-bond donors (Lipinski definition) is 2. The van der Waals surface area contributed by atoms with Crippen molar-refractivity contribution >= 4 is 11.9 Å². The zero-order chi connectivity index (χ0) is 21.6. The maximum atomic E-state index is 12.0. The zero-order valence-electron chi connectivity index (χ0n) is 19.1. The number of hydrazine groups is 1. The van der Waals surface area contributed by atoms with Crippen LogP contribution in [-0.2, 0) is 9.59 Å². The van der Waals surface area contributed by atoms with E-state index in [0.717, 1.165) is 44.9 Å². The first-order valence-electron chi connectivity index (χ1n) is 12.3. The zero-order valence-corrected chi connectivity index (χ0v) is 19.1. The second-order valence-corrected chi connectivity index (χ2v) is 8.49. The minimum absolute atomic E-state index is 0.0920. The summed E-state index contributed by atoms with van der Waals surface area (Å²) in [5, 5.41) is 10.0. The third-order valence-electron chi connectivity index (χ3n) is 5.60. The number of rotatable bonds is 22. The predicted octanol–water partition coefficient (Wildman–Crippen LogP) is 6.60. The predicted molar refractivity (Wildman–Crippen MR) is 122 cm³/mol. The highest BCUT2D eigenvalue weighted by molar-refractivity contribution is 5.75. The molecule has 172 valence electrons. The van der Waals surface area contributed by atoms with Crippen molar-refractivity contribution in [2.45, 2.75) is 135 Å². The molecule has 0 bridgehead atoms. The molecule has 0 aliphatic carbocycles. The van der Waals surface area contributed by atoms with Crippen LogP contribution in [0.5, 0.6) is 0 Å². The molecule has 0 aliphatic rings. The van der Waals surface area contributed by atoms with Crippen LogP contribution in [0.25, 0.3) is 0 Å². The second kappa shape index (κ2) is 21.6. The number of nitrogens with zero attached hydrogens (tertiary/aromatic N) is 1. The number of carbonyl (C=O) groups is 2. The van der Waals surface area contributed by atoms with Crippen molar-refractivity contribution in [3.05, 3.63) is 0 Å². The van der Waals surface area contributed by atoms with Gasteiger partial charge in [-0.15, -0.1) is 0 Å². The fourth-order valence-corrected chi connectivity index (χ4v) is 3.65. The standard InChI is InChI=1S/C24H48N2O3/c1-2-3-4-5-6-8-11-14-17-20-23(27)26(25)22-19-16-13-10-7-9-12-15-18-21-24(28)29/h2-22,25H2,1H3,(H,28,29). The van der Waals surface area contributed by atoms with Crippen LogP contribution in [0.3, 0.4) is 0 Å². The summed E-state index contributed by atoms with van der Waals surface area (Å²) in [5.74, 6) is 5.30. The monoisotopic (exact) mass is 412 g/mol. The van der Waals surface area contributed by atoms with E-state index in [4.69, 9.17) is 10.9 Å². The summed E-state index contributed by atoms with van der Waals surface area (Å²) < 4.78 is 0. The van der Waals surface area contributed by atoms with Crippen molar-refractivity contribution in [2.24, 2.45) is 5.84 Å². The molecule has 0 unspecified atom stereocenters. The fourth-order valence-electron chi connectivity index (χ4n) is 3.65. The van der Waals surface area contributed by atoms with Gasteiger partial charge in [-0.25, -0.2) is 5.84 Å². The number of amides is 1. The molecule has 5 heteroatoms. The van der Waals surface area contributed by atoms with Crippen LogP contribution in [0.2, 0.25) is 0 Å². The summed E-state index contributed by atoms with van der Waals surface area (Å²) in [5.41, 5.74) is 0. The van der Waals surface area contributed by atoms with Crippen molar-refractivity contribution in [1.29, 1.82) is 0 Å². The lowest BCUT2D eigenvalue weighted by atomic mass is 10.1. The Morgan fingerprint density at radius 2 is 1.00 bits per heavy atom. The van der Waals surface area contributed by atoms with E-state index in [0.29, 0.717) is 19.4 Å². The molecular weight excluding hydrogens is 364 g/mol. The fraction of sp³-hybridized carbons (Fsp3) is 0.917. The van der Waals surface area contributed by atoms with Gasteiger partial charge in [-0.3, -0.25) is 14.6 Å². The lowest BCUT2D eigenvalue weighted by Gasteiger charge is -2.16. The molecule has 3 N–H and O–H groups in total. The van der Waals surface area contributed by atoms with E-state index >= 15 is 0 Å². The van der Waals surface area contributed by atoms with Crippen LogP contribution in [0.4, 0.5) is 0 Å². The summed E-state index contributed by atoms with van der Waals surface area (Å²) >= 11 is 0. The molecule has 0 spiro atoms. The molecule has 0 aromatic heterocycles. The maximum absolute atomic E-state index is 12.0. The van der Waals surface area contributed by atoms with Gasteiger partial charge in [0.25, 0.3) is 0 Å². The molecule has 0 atom stereocenters. The van der Waals surface area contributed by atoms with E-state index in [9.17, 15) is 9.59 Å². The molecule has 0 heterocycles. The Bertz CT molecular complexity index is 388. The van der Waals surface area contributed by atoms with Crippen molar-refractivity contribution in [1.82, 2.24) is 5.01 Å². The lowest BCUT2D eigenvalue weighted by Crippen LogP contribution is -2.37. The van der Waals surface area contributed by atoms with Gasteiger partial charge in [0.1, 0.15) is 0 Å². The minimum atomic E-state index is -0.689. The Morgan fingerprint density at radius 1 is 0.621 bits per heavy atom. The molecule has 0 radical (unpaired) electrons. The third kappa shape index (κ3) is 21.4. The van der Waals surface area contributed by atoms with E-state index < -0.39 is 5.97 Å². The van der Waals surface area contributed by atoms with Gasteiger partial charge < -0.3 is 5.11 Å². The van der Waals surface area contributed by atoms with Crippen LogP contribution in [-0.4, -0.2) is 28.5 Å². The first-order chi connectivity index (χ1) is 14.1. The Morgan fingerprint density at radius 3 is 1.45 bits per heavy atom. The van der Waals surface area contributed by atoms with E-state index in [-0.39, 0.29) is 5.91 Å². The van der Waals surface area contributed by atoms with Crippen LogP contribution in [0.15, 0.2) is 0 Å². The summed E-state index contributed by atoms with van der Waals surface area (Å²) in [6, 6.07) is 0. The third-order valence-corrected chi connectivity index (χ3v) is 5.60. The molecule has 0 saturated heterocycles. The van der Waals surface area contributed by atoms with Crippen molar-refractivity contribution in [2.75, 3.05) is 6.54 Å². The molecule has 0 aliphatic heterocycles. The molecule has 29 heavy (non-hydrogen) atoms. The number of carboxylic acid groups (broad SMARTS) is 1. The van der Waals surface area contributed by atoms with Crippen LogP contribution in [0.1, 0.15) is 135 Å². The number of nitrogens with two attached hydrogens (primary N) is 1. The summed E-state index contributed by atoms with van der Waals surface area (Å²) in [7, 11) is 0. The van der Waals surface area contributed by atoms with Crippen molar-refractivity contribution in [3.8, 4) is 0 Å². The van der Waals surface area contributed by atoms with Crippen molar-refractivity contribution in [3.63, 3.8) is 0 Å². The highest BCUT2D eigenvalue weighted by Crippen LogP contribution is 2.12. The topological polar surface area (TPSA) is 83.6 Å². The van der Waals surface area contributed by atoms with Crippen LogP contribution >= 0.6 is 0 Å². The molecule has 0 aromatic carbocycles. The summed E-state index contributed by atoms with van der Waals surface area (Å²) in [6.07, 6.45) is 22.1. The number of carbonyl (C=O) groups excluding carboxylic acids is 1. The molecule has 0 fully saturated rings. The second-order valence-electron chi connectivity index (χ2n) is 8.49. The van der Waals surface area contributed by atoms with Gasteiger partial charge in [0.2, 0.25) is 5.91 Å².